The molecule has 1 aromatic heterocycles. The van der Waals surface area contributed by atoms with Crippen LogP contribution in [0, 0.1) is 0 Å². The molecule has 4 rings (SSSR count). The average molecular weight is 403 g/mol. The second-order valence-corrected chi connectivity index (χ2v) is 8.46. The van der Waals surface area contributed by atoms with E-state index in [0.29, 0.717) is 17.3 Å². The highest BCUT2D eigenvalue weighted by Gasteiger charge is 2.29. The van der Waals surface area contributed by atoms with Gasteiger partial charge in [-0.1, -0.05) is 41.9 Å². The highest BCUT2D eigenvalue weighted by Crippen LogP contribution is 2.26. The number of halogens is 1. The Hall–Kier alpha value is -2.71. The second kappa shape index (κ2) is 7.13. The molecule has 0 radical (unpaired) electrons. The van der Waals surface area contributed by atoms with Crippen molar-refractivity contribution in [3.63, 3.8) is 0 Å². The van der Waals surface area contributed by atoms with E-state index in [1.165, 1.54) is 12.1 Å². The third kappa shape index (κ3) is 3.72. The van der Waals surface area contributed by atoms with Crippen molar-refractivity contribution in [3.05, 3.63) is 77.0 Å². The van der Waals surface area contributed by atoms with Crippen LogP contribution in [0.15, 0.2) is 69.0 Å². The van der Waals surface area contributed by atoms with E-state index in [-0.39, 0.29) is 28.3 Å². The molecule has 0 saturated carbocycles. The zero-order valence-corrected chi connectivity index (χ0v) is 15.6. The molecule has 0 aliphatic carbocycles. The molecule has 0 fully saturated rings. The van der Waals surface area contributed by atoms with Crippen molar-refractivity contribution in [1.82, 2.24) is 15.6 Å². The molecule has 1 unspecified atom stereocenters. The quantitative estimate of drug-likeness (QED) is 0.704. The number of aromatic nitrogens is 2. The average Bonchev–Trinajstić information content (AvgIpc) is 3.32. The maximum Gasteiger partial charge on any atom is 0.264 e. The Morgan fingerprint density at radius 3 is 2.56 bits per heavy atom. The predicted molar refractivity (Wildman–Crippen MR) is 100 cm³/mol. The molecule has 2 heterocycles. The first-order chi connectivity index (χ1) is 13.0. The van der Waals surface area contributed by atoms with Gasteiger partial charge in [0.1, 0.15) is 11.5 Å². The van der Waals surface area contributed by atoms with E-state index in [1.54, 1.807) is 30.3 Å². The fourth-order valence-corrected chi connectivity index (χ4v) is 4.16. The predicted octanol–water partition coefficient (Wildman–Crippen LogP) is 2.79. The van der Waals surface area contributed by atoms with Gasteiger partial charge >= 0.3 is 0 Å². The van der Waals surface area contributed by atoms with E-state index >= 15 is 0 Å². The fourth-order valence-electron chi connectivity index (χ4n) is 2.85. The molecule has 2 aromatic carbocycles. The van der Waals surface area contributed by atoms with Crippen molar-refractivity contribution >= 4 is 27.1 Å². The number of nitrogens with one attached hydrogen (secondary N) is 1. The van der Waals surface area contributed by atoms with Crippen LogP contribution >= 0.6 is 11.6 Å². The Morgan fingerprint density at radius 2 is 1.81 bits per heavy atom. The molecule has 138 valence electrons. The van der Waals surface area contributed by atoms with Gasteiger partial charge in [0.05, 0.1) is 10.8 Å². The van der Waals surface area contributed by atoms with Gasteiger partial charge < -0.3 is 9.84 Å². The fraction of sp³-hybridized carbons (Fsp3) is 0.167. The lowest BCUT2D eigenvalue weighted by Gasteiger charge is -2.09. The zero-order chi connectivity index (χ0) is 18.9. The number of sulfone groups is 1. The lowest BCUT2D eigenvalue weighted by Crippen LogP contribution is -2.14. The Balaban J connectivity index is 1.56. The Kier molecular flexibility index (Phi) is 4.67. The van der Waals surface area contributed by atoms with Crippen LogP contribution in [-0.4, -0.2) is 30.9 Å². The molecule has 1 aliphatic heterocycles. The van der Waals surface area contributed by atoms with Crippen LogP contribution in [0.25, 0.3) is 0 Å². The number of hydrogen-bond donors (Lipinski definition) is 1. The van der Waals surface area contributed by atoms with Crippen LogP contribution in [-0.2, 0) is 15.6 Å². The summed E-state index contributed by atoms with van der Waals surface area (Å²) < 4.78 is 30.5. The molecule has 1 N–H and O–H groups in total. The summed E-state index contributed by atoms with van der Waals surface area (Å²) in [4.78, 5) is 0.212. The van der Waals surface area contributed by atoms with Crippen LogP contribution in [0.5, 0.6) is 0 Å². The van der Waals surface area contributed by atoms with E-state index in [4.69, 9.17) is 16.0 Å². The Bertz CT molecular complexity index is 1080. The molecule has 1 atom stereocenters. The van der Waals surface area contributed by atoms with Crippen LogP contribution < -0.4 is 5.43 Å². The van der Waals surface area contributed by atoms with Gasteiger partial charge in [-0.3, -0.25) is 0 Å². The van der Waals surface area contributed by atoms with Gasteiger partial charge in [-0.15, -0.1) is 10.2 Å². The zero-order valence-electron chi connectivity index (χ0n) is 14.0. The molecule has 27 heavy (non-hydrogen) atoms. The van der Waals surface area contributed by atoms with Crippen molar-refractivity contribution in [2.24, 2.45) is 5.10 Å². The van der Waals surface area contributed by atoms with Gasteiger partial charge in [0.15, 0.2) is 9.84 Å². The minimum atomic E-state index is -3.56. The topological polar surface area (TPSA) is 97.5 Å². The summed E-state index contributed by atoms with van der Waals surface area (Å²) in [6, 6.07) is 15.6. The normalized spacial score (nSPS) is 16.8. The van der Waals surface area contributed by atoms with Gasteiger partial charge in [-0.05, 0) is 29.8 Å². The molecule has 0 bridgehead atoms. The van der Waals surface area contributed by atoms with E-state index in [1.807, 2.05) is 12.1 Å². The maximum atomic E-state index is 12.5. The van der Waals surface area contributed by atoms with E-state index in [2.05, 4.69) is 20.7 Å². The van der Waals surface area contributed by atoms with Crippen LogP contribution in [0.2, 0.25) is 5.02 Å². The Labute approximate surface area is 161 Å². The summed E-state index contributed by atoms with van der Waals surface area (Å²) in [6.45, 7) is 0.580. The molecule has 9 heteroatoms. The molecular formula is C18H15ClN4O3S. The van der Waals surface area contributed by atoms with E-state index in [0.717, 1.165) is 5.56 Å². The minimum Gasteiger partial charge on any atom is -0.418 e. The summed E-state index contributed by atoms with van der Waals surface area (Å²) in [5.74, 6) is -0.214. The summed E-state index contributed by atoms with van der Waals surface area (Å²) in [6.07, 6.45) is 0. The van der Waals surface area contributed by atoms with E-state index < -0.39 is 9.84 Å². The number of hydrogen-bond acceptors (Lipinski definition) is 7. The summed E-state index contributed by atoms with van der Waals surface area (Å²) in [7, 11) is -3.56. The van der Waals surface area contributed by atoms with Gasteiger partial charge in [-0.2, -0.15) is 5.10 Å². The summed E-state index contributed by atoms with van der Waals surface area (Å²) >= 11 is 5.94. The van der Waals surface area contributed by atoms with Crippen molar-refractivity contribution in [2.75, 3.05) is 6.54 Å². The van der Waals surface area contributed by atoms with Crippen LogP contribution in [0.4, 0.5) is 0 Å². The van der Waals surface area contributed by atoms with Gasteiger partial charge in [0.2, 0.25) is 5.89 Å². The molecule has 7 nitrogen and oxygen atoms in total. The van der Waals surface area contributed by atoms with Crippen LogP contribution in [0.3, 0.4) is 0 Å². The first-order valence-corrected chi connectivity index (χ1v) is 10.2. The molecule has 1 aliphatic rings. The first-order valence-electron chi connectivity index (χ1n) is 8.19. The molecule has 0 spiro atoms. The Morgan fingerprint density at radius 1 is 1.07 bits per heavy atom. The second-order valence-electron chi connectivity index (χ2n) is 6.04. The lowest BCUT2D eigenvalue weighted by molar-refractivity contribution is 0.497. The maximum absolute atomic E-state index is 12.5. The smallest absolute Gasteiger partial charge is 0.264 e. The number of rotatable bonds is 5. The highest BCUT2D eigenvalue weighted by atomic mass is 35.5. The monoisotopic (exact) mass is 402 g/mol. The van der Waals surface area contributed by atoms with Gasteiger partial charge in [0, 0.05) is 11.6 Å². The van der Waals surface area contributed by atoms with Gasteiger partial charge in [0.25, 0.3) is 5.89 Å². The SMILES string of the molecule is O=S(=O)(Cc1nnc(C2=NNCC2c2ccc(Cl)cc2)o1)c1ccccc1. The van der Waals surface area contributed by atoms with Crippen molar-refractivity contribution in [3.8, 4) is 0 Å². The van der Waals surface area contributed by atoms with Crippen molar-refractivity contribution < 1.29 is 12.8 Å². The molecular weight excluding hydrogens is 388 g/mol. The molecule has 3 aromatic rings. The molecule has 0 saturated heterocycles. The first kappa shape index (κ1) is 17.7. The number of hydrazone groups is 1. The van der Waals surface area contributed by atoms with Gasteiger partial charge in [-0.25, -0.2) is 8.42 Å². The van der Waals surface area contributed by atoms with E-state index in [9.17, 15) is 8.42 Å². The standard InChI is InChI=1S/C18H15ClN4O3S/c19-13-8-6-12(7-9-13)15-10-20-22-17(15)18-23-21-16(26-18)11-27(24,25)14-4-2-1-3-5-14/h1-9,15,20H,10-11H2. The third-order valence-corrected chi connectivity index (χ3v) is 6.07. The minimum absolute atomic E-state index is 0.0262. The van der Waals surface area contributed by atoms with Crippen molar-refractivity contribution in [1.29, 1.82) is 0 Å². The largest absolute Gasteiger partial charge is 0.418 e. The highest BCUT2D eigenvalue weighted by molar-refractivity contribution is 7.90. The number of nitrogens with zero attached hydrogens (tertiary/aromatic N) is 3. The number of benzene rings is 2. The summed E-state index contributed by atoms with van der Waals surface area (Å²) in [5, 5.41) is 12.8. The molecule has 0 amide bonds. The lowest BCUT2D eigenvalue weighted by atomic mass is 9.95. The van der Waals surface area contributed by atoms with Crippen molar-refractivity contribution in [2.45, 2.75) is 16.6 Å². The third-order valence-electron chi connectivity index (χ3n) is 4.20. The summed E-state index contributed by atoms with van der Waals surface area (Å²) in [5.41, 5.74) is 4.50. The van der Waals surface area contributed by atoms with Crippen LogP contribution in [0.1, 0.15) is 23.3 Å².